The van der Waals surface area contributed by atoms with E-state index in [0.29, 0.717) is 0 Å². The number of carbonyl (C=O) groups excluding carboxylic acids is 1. The van der Waals surface area contributed by atoms with E-state index in [1.165, 1.54) is 10.8 Å². The van der Waals surface area contributed by atoms with Crippen molar-refractivity contribution in [3.63, 3.8) is 0 Å². The summed E-state index contributed by atoms with van der Waals surface area (Å²) >= 11 is 5.81. The van der Waals surface area contributed by atoms with Gasteiger partial charge in [0.15, 0.2) is 11.6 Å². The molecule has 1 atom stereocenters. The Morgan fingerprint density at radius 2 is 2.00 bits per heavy atom. The summed E-state index contributed by atoms with van der Waals surface area (Å²) in [5.74, 6) is -2.88. The number of hydrogen-bond donors (Lipinski definition) is 0. The fourth-order valence-electron chi connectivity index (χ4n) is 2.14. The molecular formula is C15H14ClF2NO3. The molecule has 1 unspecified atom stereocenters. The molecule has 22 heavy (non-hydrogen) atoms. The zero-order chi connectivity index (χ0) is 16.4. The molecule has 0 saturated heterocycles. The summed E-state index contributed by atoms with van der Waals surface area (Å²) < 4.78 is 33.2. The molecule has 7 heteroatoms. The first-order valence-corrected chi connectivity index (χ1v) is 7.21. The smallest absolute Gasteiger partial charge is 0.343 e. The Morgan fingerprint density at radius 1 is 1.36 bits per heavy atom. The SMILES string of the molecule is CCOC(=O)c1cn(C(C)CCl)c2cc(F)c(F)cc2c1=O. The van der Waals surface area contributed by atoms with Gasteiger partial charge in [0.2, 0.25) is 5.43 Å². The van der Waals surface area contributed by atoms with E-state index in [-0.39, 0.29) is 35.0 Å². The number of aromatic nitrogens is 1. The molecule has 4 nitrogen and oxygen atoms in total. The average Bonchev–Trinajstić information content (AvgIpc) is 2.49. The van der Waals surface area contributed by atoms with E-state index in [1.807, 2.05) is 0 Å². The number of ether oxygens (including phenoxy) is 1. The number of halogens is 3. The standard InChI is InChI=1S/C15H14ClF2NO3/c1-3-22-15(21)10-7-19(8(2)6-16)13-5-12(18)11(17)4-9(13)14(10)20/h4-5,7-8H,3,6H2,1-2H3. The second kappa shape index (κ2) is 6.44. The van der Waals surface area contributed by atoms with E-state index < -0.39 is 23.0 Å². The monoisotopic (exact) mass is 329 g/mol. The van der Waals surface area contributed by atoms with Crippen molar-refractivity contribution < 1.29 is 18.3 Å². The van der Waals surface area contributed by atoms with Crippen LogP contribution in [0.5, 0.6) is 0 Å². The van der Waals surface area contributed by atoms with Gasteiger partial charge < -0.3 is 9.30 Å². The van der Waals surface area contributed by atoms with Crippen LogP contribution in [0.25, 0.3) is 10.9 Å². The van der Waals surface area contributed by atoms with Crippen molar-refractivity contribution >= 4 is 28.5 Å². The van der Waals surface area contributed by atoms with E-state index in [9.17, 15) is 18.4 Å². The predicted molar refractivity (Wildman–Crippen MR) is 79.5 cm³/mol. The van der Waals surface area contributed by atoms with Gasteiger partial charge in [-0.05, 0) is 19.9 Å². The van der Waals surface area contributed by atoms with Crippen LogP contribution in [0.15, 0.2) is 23.1 Å². The minimum Gasteiger partial charge on any atom is -0.462 e. The van der Waals surface area contributed by atoms with Gasteiger partial charge in [-0.3, -0.25) is 4.79 Å². The molecule has 0 aliphatic rings. The van der Waals surface area contributed by atoms with Gasteiger partial charge in [0.1, 0.15) is 5.56 Å². The molecule has 0 amide bonds. The highest BCUT2D eigenvalue weighted by Gasteiger charge is 2.20. The van der Waals surface area contributed by atoms with Gasteiger partial charge in [-0.1, -0.05) is 0 Å². The number of rotatable bonds is 4. The molecule has 1 aromatic heterocycles. The molecular weight excluding hydrogens is 316 g/mol. The lowest BCUT2D eigenvalue weighted by Crippen LogP contribution is -2.22. The molecule has 0 aliphatic carbocycles. The van der Waals surface area contributed by atoms with Crippen LogP contribution in [-0.4, -0.2) is 23.0 Å². The minimum atomic E-state index is -1.16. The van der Waals surface area contributed by atoms with Crippen LogP contribution in [0.1, 0.15) is 30.2 Å². The third-order valence-electron chi connectivity index (χ3n) is 3.27. The number of alkyl halides is 1. The largest absolute Gasteiger partial charge is 0.462 e. The van der Waals surface area contributed by atoms with E-state index >= 15 is 0 Å². The summed E-state index contributed by atoms with van der Waals surface area (Å²) in [4.78, 5) is 24.2. The zero-order valence-corrected chi connectivity index (χ0v) is 12.8. The topological polar surface area (TPSA) is 48.3 Å². The quantitative estimate of drug-likeness (QED) is 0.639. The summed E-state index contributed by atoms with van der Waals surface area (Å²) in [5, 5.41) is -0.0959. The average molecular weight is 330 g/mol. The van der Waals surface area contributed by atoms with Crippen molar-refractivity contribution in [2.24, 2.45) is 0 Å². The van der Waals surface area contributed by atoms with E-state index in [1.54, 1.807) is 13.8 Å². The van der Waals surface area contributed by atoms with Crippen LogP contribution >= 0.6 is 11.6 Å². The first kappa shape index (κ1) is 16.4. The van der Waals surface area contributed by atoms with Gasteiger partial charge in [-0.2, -0.15) is 0 Å². The van der Waals surface area contributed by atoms with E-state index in [4.69, 9.17) is 16.3 Å². The Kier molecular flexibility index (Phi) is 4.81. The van der Waals surface area contributed by atoms with Gasteiger partial charge >= 0.3 is 5.97 Å². The molecule has 2 aromatic rings. The highest BCUT2D eigenvalue weighted by Crippen LogP contribution is 2.21. The number of carbonyl (C=O) groups is 1. The molecule has 0 radical (unpaired) electrons. The molecule has 1 heterocycles. The maximum absolute atomic E-state index is 13.5. The summed E-state index contributed by atoms with van der Waals surface area (Å²) in [5.41, 5.74) is -0.771. The molecule has 0 N–H and O–H groups in total. The Morgan fingerprint density at radius 3 is 2.59 bits per heavy atom. The van der Waals surface area contributed by atoms with Crippen LogP contribution in [0, 0.1) is 11.6 Å². The Hall–Kier alpha value is -1.95. The fourth-order valence-corrected chi connectivity index (χ4v) is 2.29. The number of pyridine rings is 1. The highest BCUT2D eigenvalue weighted by atomic mass is 35.5. The maximum Gasteiger partial charge on any atom is 0.343 e. The lowest BCUT2D eigenvalue weighted by molar-refractivity contribution is 0.0524. The summed E-state index contributed by atoms with van der Waals surface area (Å²) in [7, 11) is 0. The lowest BCUT2D eigenvalue weighted by Gasteiger charge is -2.18. The van der Waals surface area contributed by atoms with Crippen molar-refractivity contribution in [3.05, 3.63) is 45.8 Å². The number of fused-ring (bicyclic) bond motifs is 1. The second-order valence-electron chi connectivity index (χ2n) is 4.79. The third-order valence-corrected chi connectivity index (χ3v) is 3.71. The number of hydrogen-bond acceptors (Lipinski definition) is 3. The second-order valence-corrected chi connectivity index (χ2v) is 5.10. The summed E-state index contributed by atoms with van der Waals surface area (Å²) in [6.07, 6.45) is 1.27. The first-order valence-electron chi connectivity index (χ1n) is 6.67. The fraction of sp³-hybridized carbons (Fsp3) is 0.333. The Bertz CT molecular complexity index is 788. The molecule has 0 aliphatic heterocycles. The lowest BCUT2D eigenvalue weighted by atomic mass is 10.1. The van der Waals surface area contributed by atoms with Crippen LogP contribution < -0.4 is 5.43 Å². The molecule has 0 fully saturated rings. The van der Waals surface area contributed by atoms with Gasteiger partial charge in [-0.15, -0.1) is 11.6 Å². The normalized spacial score (nSPS) is 12.4. The van der Waals surface area contributed by atoms with Crippen LogP contribution in [-0.2, 0) is 4.74 Å². The minimum absolute atomic E-state index is 0.0959. The molecule has 0 saturated carbocycles. The Labute approximate surface area is 130 Å². The summed E-state index contributed by atoms with van der Waals surface area (Å²) in [6, 6.07) is 1.37. The van der Waals surface area contributed by atoms with Gasteiger partial charge in [0, 0.05) is 29.6 Å². The van der Waals surface area contributed by atoms with Crippen LogP contribution in [0.4, 0.5) is 8.78 Å². The molecule has 2 rings (SSSR count). The van der Waals surface area contributed by atoms with Gasteiger partial charge in [0.25, 0.3) is 0 Å². The molecule has 0 bridgehead atoms. The highest BCUT2D eigenvalue weighted by molar-refractivity contribution is 6.18. The van der Waals surface area contributed by atoms with Gasteiger partial charge in [-0.25, -0.2) is 13.6 Å². The maximum atomic E-state index is 13.5. The molecule has 0 spiro atoms. The van der Waals surface area contributed by atoms with Crippen molar-refractivity contribution in [1.82, 2.24) is 4.57 Å². The van der Waals surface area contributed by atoms with Crippen molar-refractivity contribution in [3.8, 4) is 0 Å². The van der Waals surface area contributed by atoms with Crippen LogP contribution in [0.3, 0.4) is 0 Å². The van der Waals surface area contributed by atoms with E-state index in [0.717, 1.165) is 12.1 Å². The van der Waals surface area contributed by atoms with Crippen LogP contribution in [0.2, 0.25) is 0 Å². The predicted octanol–water partition coefficient (Wildman–Crippen LogP) is 3.26. The van der Waals surface area contributed by atoms with Gasteiger partial charge in [0.05, 0.1) is 12.1 Å². The number of nitrogens with zero attached hydrogens (tertiary/aromatic N) is 1. The zero-order valence-electron chi connectivity index (χ0n) is 12.0. The van der Waals surface area contributed by atoms with E-state index in [2.05, 4.69) is 0 Å². The molecule has 118 valence electrons. The summed E-state index contributed by atoms with van der Waals surface area (Å²) in [6.45, 7) is 3.43. The number of esters is 1. The number of benzene rings is 1. The third kappa shape index (κ3) is 2.83. The first-order chi connectivity index (χ1) is 10.4. The van der Waals surface area contributed by atoms with Crippen molar-refractivity contribution in [2.45, 2.75) is 19.9 Å². The van der Waals surface area contributed by atoms with Crippen molar-refractivity contribution in [2.75, 3.05) is 12.5 Å². The van der Waals surface area contributed by atoms with Crippen molar-refractivity contribution in [1.29, 1.82) is 0 Å². The molecule has 1 aromatic carbocycles. The Balaban J connectivity index is 2.85.